The number of nitriles is 1. The van der Waals surface area contributed by atoms with Gasteiger partial charge in [-0.25, -0.2) is 8.78 Å². The SMILES string of the molecule is CN(C)C(=O)c1nn2c(c1F)CN(c1nc(OCC34CCCN3C[C@H](F)C4)nc3c1CO[C@@]1(CCCc4ccc(N)c(C#N)c41)C3)CCC2. The van der Waals surface area contributed by atoms with Crippen molar-refractivity contribution in [3.05, 3.63) is 57.3 Å². The Kier molecular flexibility index (Phi) is 7.75. The Bertz CT molecular complexity index is 1880. The molecule has 1 aliphatic carbocycles. The molecular weight excluding hydrogens is 632 g/mol. The third-order valence-corrected chi connectivity index (χ3v) is 11.2. The van der Waals surface area contributed by atoms with Crippen molar-refractivity contribution in [2.24, 2.45) is 0 Å². The molecule has 5 aliphatic rings. The number of fused-ring (bicyclic) bond motifs is 5. The van der Waals surface area contributed by atoms with E-state index in [1.807, 2.05) is 11.0 Å². The molecule has 0 radical (unpaired) electrons. The first-order valence-corrected chi connectivity index (χ1v) is 17.2. The summed E-state index contributed by atoms with van der Waals surface area (Å²) in [6.45, 7) is 2.82. The van der Waals surface area contributed by atoms with Gasteiger partial charge in [0.05, 0.1) is 35.6 Å². The number of anilines is 2. The maximum Gasteiger partial charge on any atom is 0.318 e. The second-order valence-corrected chi connectivity index (χ2v) is 14.4. The smallest absolute Gasteiger partial charge is 0.318 e. The van der Waals surface area contributed by atoms with Gasteiger partial charge in [-0.05, 0) is 56.7 Å². The quantitative estimate of drug-likeness (QED) is 0.400. The molecule has 0 saturated carbocycles. The van der Waals surface area contributed by atoms with Gasteiger partial charge in [0.25, 0.3) is 5.91 Å². The van der Waals surface area contributed by atoms with Gasteiger partial charge in [-0.3, -0.25) is 14.4 Å². The van der Waals surface area contributed by atoms with E-state index in [0.717, 1.165) is 54.6 Å². The molecule has 2 aromatic heterocycles. The molecule has 3 atom stereocenters. The van der Waals surface area contributed by atoms with Crippen LogP contribution in [0.3, 0.4) is 0 Å². The largest absolute Gasteiger partial charge is 0.461 e. The van der Waals surface area contributed by atoms with Crippen LogP contribution in [0, 0.1) is 17.1 Å². The number of nitrogen functional groups attached to an aromatic ring is 1. The fourth-order valence-corrected chi connectivity index (χ4v) is 8.83. The Morgan fingerprint density at radius 3 is 2.88 bits per heavy atom. The van der Waals surface area contributed by atoms with Crippen molar-refractivity contribution in [1.82, 2.24) is 29.5 Å². The van der Waals surface area contributed by atoms with Gasteiger partial charge in [-0.15, -0.1) is 0 Å². The fourth-order valence-electron chi connectivity index (χ4n) is 8.83. The maximum absolute atomic E-state index is 15.8. The van der Waals surface area contributed by atoms with E-state index in [1.165, 1.54) is 4.90 Å². The fraction of sp³-hybridized carbons (Fsp3) is 0.571. The molecule has 14 heteroatoms. The summed E-state index contributed by atoms with van der Waals surface area (Å²) in [5.41, 5.74) is 9.48. The number of ether oxygens (including phenoxy) is 2. The van der Waals surface area contributed by atoms with Gasteiger partial charge >= 0.3 is 6.01 Å². The van der Waals surface area contributed by atoms with Crippen LogP contribution in [0.4, 0.5) is 20.3 Å². The van der Waals surface area contributed by atoms with Crippen molar-refractivity contribution in [2.45, 2.75) is 88.4 Å². The highest BCUT2D eigenvalue weighted by Crippen LogP contribution is 2.48. The monoisotopic (exact) mass is 673 g/mol. The topological polar surface area (TPSA) is 139 Å². The van der Waals surface area contributed by atoms with Crippen LogP contribution in [-0.4, -0.2) is 87.5 Å². The van der Waals surface area contributed by atoms with Crippen molar-refractivity contribution < 1.29 is 23.0 Å². The molecule has 1 amide bonds. The van der Waals surface area contributed by atoms with Crippen LogP contribution in [0.1, 0.15) is 82.7 Å². The number of rotatable bonds is 5. The van der Waals surface area contributed by atoms with E-state index in [0.29, 0.717) is 68.1 Å². The first-order valence-electron chi connectivity index (χ1n) is 17.2. The van der Waals surface area contributed by atoms with Crippen LogP contribution in [0.25, 0.3) is 0 Å². The average Bonchev–Trinajstić information content (AvgIpc) is 3.65. The standard InChI is InChI=1S/C35H41F2N9O3/c1-43(2)32(47)30-29(37)27-18-44(11-5-13-46(27)42-30)31-24-19-49-35(10-3-6-21-7-8-25(39)23(16-38)28(21)35)15-26(24)40-33(41-31)48-20-34-9-4-12-45(34)17-22(36)14-34/h7-8,22H,3-6,9-15,17-20,39H2,1-2H3/t22-,34?,35+/m1/s1. The van der Waals surface area contributed by atoms with E-state index in [9.17, 15) is 14.4 Å². The van der Waals surface area contributed by atoms with Crippen molar-refractivity contribution in [1.29, 1.82) is 5.26 Å². The minimum Gasteiger partial charge on any atom is -0.461 e. The molecule has 258 valence electrons. The van der Waals surface area contributed by atoms with Crippen LogP contribution in [-0.2, 0) is 42.9 Å². The number of hydrogen-bond donors (Lipinski definition) is 1. The predicted molar refractivity (Wildman–Crippen MR) is 175 cm³/mol. The van der Waals surface area contributed by atoms with Gasteiger partial charge in [-0.2, -0.15) is 20.3 Å². The Morgan fingerprint density at radius 2 is 2.06 bits per heavy atom. The summed E-state index contributed by atoms with van der Waals surface area (Å²) < 4.78 is 45.2. The highest BCUT2D eigenvalue weighted by Gasteiger charge is 2.50. The Balaban J connectivity index is 1.19. The number of aromatic nitrogens is 4. The Morgan fingerprint density at radius 1 is 1.20 bits per heavy atom. The first kappa shape index (κ1) is 31.9. The van der Waals surface area contributed by atoms with Gasteiger partial charge in [0.1, 0.15) is 30.3 Å². The second-order valence-electron chi connectivity index (χ2n) is 14.4. The zero-order valence-electron chi connectivity index (χ0n) is 28.0. The van der Waals surface area contributed by atoms with Crippen molar-refractivity contribution >= 4 is 17.4 Å². The van der Waals surface area contributed by atoms with Crippen LogP contribution in [0.2, 0.25) is 0 Å². The lowest BCUT2D eigenvalue weighted by Gasteiger charge is -2.43. The lowest BCUT2D eigenvalue weighted by Crippen LogP contribution is -2.44. The molecule has 49 heavy (non-hydrogen) atoms. The average molecular weight is 674 g/mol. The third-order valence-electron chi connectivity index (χ3n) is 11.2. The van der Waals surface area contributed by atoms with E-state index in [4.69, 9.17) is 25.2 Å². The molecule has 4 aliphatic heterocycles. The van der Waals surface area contributed by atoms with Crippen LogP contribution >= 0.6 is 0 Å². The number of carbonyl (C=O) groups excluding carboxylic acids is 1. The molecule has 1 unspecified atom stereocenters. The van der Waals surface area contributed by atoms with E-state index in [2.05, 4.69) is 16.1 Å². The number of nitrogens with zero attached hydrogens (tertiary/aromatic N) is 8. The molecular formula is C35H41F2N9O3. The van der Waals surface area contributed by atoms with Gasteiger partial charge in [0.2, 0.25) is 0 Å². The Labute approximate surface area is 283 Å². The summed E-state index contributed by atoms with van der Waals surface area (Å²) in [5, 5.41) is 14.5. The molecule has 8 rings (SSSR count). The summed E-state index contributed by atoms with van der Waals surface area (Å²) in [6, 6.07) is 6.29. The number of carbonyl (C=O) groups is 1. The van der Waals surface area contributed by atoms with Gasteiger partial charge in [0, 0.05) is 63.4 Å². The summed E-state index contributed by atoms with van der Waals surface area (Å²) in [7, 11) is 3.14. The van der Waals surface area contributed by atoms with E-state index in [-0.39, 0.29) is 31.5 Å². The molecule has 3 aromatic rings. The molecule has 0 bridgehead atoms. The molecule has 6 heterocycles. The highest BCUT2D eigenvalue weighted by molar-refractivity contribution is 5.92. The zero-order chi connectivity index (χ0) is 34.1. The molecule has 12 nitrogen and oxygen atoms in total. The van der Waals surface area contributed by atoms with Gasteiger partial charge < -0.3 is 25.0 Å². The minimum atomic E-state index is -0.893. The third kappa shape index (κ3) is 5.20. The molecule has 2 fully saturated rings. The summed E-state index contributed by atoms with van der Waals surface area (Å²) in [4.78, 5) is 28.1. The number of aryl methyl sites for hydroxylation is 2. The van der Waals surface area contributed by atoms with Crippen LogP contribution < -0.4 is 15.4 Å². The van der Waals surface area contributed by atoms with E-state index >= 15 is 4.39 Å². The van der Waals surface area contributed by atoms with Gasteiger partial charge in [0.15, 0.2) is 11.5 Å². The van der Waals surface area contributed by atoms with E-state index in [1.54, 1.807) is 24.8 Å². The number of benzene rings is 1. The summed E-state index contributed by atoms with van der Waals surface area (Å²) >= 11 is 0. The number of nitrogens with two attached hydrogens (primary N) is 1. The lowest BCUT2D eigenvalue weighted by molar-refractivity contribution is -0.0857. The Hall–Kier alpha value is -4.35. The number of alkyl halides is 1. The summed E-state index contributed by atoms with van der Waals surface area (Å²) in [5.74, 6) is -0.557. The first-order chi connectivity index (χ1) is 23.6. The van der Waals surface area contributed by atoms with Crippen molar-refractivity contribution in [3.8, 4) is 12.1 Å². The van der Waals surface area contributed by atoms with E-state index < -0.39 is 29.0 Å². The lowest BCUT2D eigenvalue weighted by atomic mass is 9.72. The normalized spacial score (nSPS) is 26.0. The number of amides is 1. The number of hydrogen-bond acceptors (Lipinski definition) is 10. The predicted octanol–water partition coefficient (Wildman–Crippen LogP) is 3.64. The van der Waals surface area contributed by atoms with Crippen molar-refractivity contribution in [2.75, 3.05) is 51.0 Å². The molecule has 1 spiro atoms. The zero-order valence-corrected chi connectivity index (χ0v) is 28.0. The molecule has 1 aromatic carbocycles. The second kappa shape index (κ2) is 11.9. The van der Waals surface area contributed by atoms with Crippen molar-refractivity contribution in [3.63, 3.8) is 0 Å². The molecule has 2 saturated heterocycles. The highest BCUT2D eigenvalue weighted by atomic mass is 19.1. The maximum atomic E-state index is 15.8. The van der Waals surface area contributed by atoms with Crippen LogP contribution in [0.5, 0.6) is 6.01 Å². The van der Waals surface area contributed by atoms with Gasteiger partial charge in [-0.1, -0.05) is 6.07 Å². The molecule has 2 N–H and O–H groups in total. The minimum absolute atomic E-state index is 0.132. The number of halogens is 2. The summed E-state index contributed by atoms with van der Waals surface area (Å²) in [6.07, 6.45) is 4.77. The van der Waals surface area contributed by atoms with Crippen LogP contribution in [0.15, 0.2) is 12.1 Å².